The first kappa shape index (κ1) is 12.7. The van der Waals surface area contributed by atoms with E-state index in [9.17, 15) is 9.59 Å². The average Bonchev–Trinajstić information content (AvgIpc) is 3.10. The molecule has 4 rings (SSSR count). The van der Waals surface area contributed by atoms with E-state index in [1.807, 2.05) is 12.1 Å². The van der Waals surface area contributed by atoms with Crippen molar-refractivity contribution < 1.29 is 13.9 Å². The second kappa shape index (κ2) is 4.77. The van der Waals surface area contributed by atoms with Crippen molar-refractivity contribution in [2.24, 2.45) is 0 Å². The molecule has 1 amide bonds. The molecule has 1 aliphatic rings. The van der Waals surface area contributed by atoms with Crippen molar-refractivity contribution in [3.63, 3.8) is 0 Å². The van der Waals surface area contributed by atoms with Crippen LogP contribution in [0.15, 0.2) is 45.6 Å². The van der Waals surface area contributed by atoms with Gasteiger partial charge in [-0.05, 0) is 42.0 Å². The Morgan fingerprint density at radius 3 is 3.00 bits per heavy atom. The van der Waals surface area contributed by atoms with Gasteiger partial charge in [-0.25, -0.2) is 4.79 Å². The lowest BCUT2D eigenvalue weighted by molar-refractivity contribution is 0.102. The maximum absolute atomic E-state index is 12.3. The number of benzene rings is 2. The van der Waals surface area contributed by atoms with Crippen LogP contribution in [0.3, 0.4) is 0 Å². The summed E-state index contributed by atoms with van der Waals surface area (Å²) >= 11 is 0. The molecule has 2 heterocycles. The zero-order valence-corrected chi connectivity index (χ0v) is 11.5. The highest BCUT2D eigenvalue weighted by Crippen LogP contribution is 2.26. The number of fused-ring (bicyclic) bond motifs is 2. The number of aromatic amines is 1. The number of nitrogens with one attached hydrogen (secondary N) is 2. The summed E-state index contributed by atoms with van der Waals surface area (Å²) in [4.78, 5) is 26.0. The van der Waals surface area contributed by atoms with Crippen molar-refractivity contribution in [1.29, 1.82) is 0 Å². The van der Waals surface area contributed by atoms with Gasteiger partial charge in [-0.2, -0.15) is 0 Å². The molecule has 0 aliphatic carbocycles. The van der Waals surface area contributed by atoms with Crippen LogP contribution < -0.4 is 15.8 Å². The van der Waals surface area contributed by atoms with Crippen LogP contribution in [-0.2, 0) is 6.42 Å². The zero-order chi connectivity index (χ0) is 15.1. The number of rotatable bonds is 2. The van der Waals surface area contributed by atoms with E-state index in [2.05, 4.69) is 10.3 Å². The Morgan fingerprint density at radius 2 is 2.09 bits per heavy atom. The number of H-pyrrole nitrogens is 1. The van der Waals surface area contributed by atoms with Crippen molar-refractivity contribution in [1.82, 2.24) is 4.98 Å². The Balaban J connectivity index is 1.61. The standard InChI is InChI=1S/C16H12N2O4/c19-15(10-1-3-13-9(7-10)5-6-21-13)17-11-2-4-14-12(8-11)18-16(20)22-14/h1-4,7-8H,5-6H2,(H,17,19)(H,18,20). The van der Waals surface area contributed by atoms with Gasteiger partial charge in [0.2, 0.25) is 0 Å². The van der Waals surface area contributed by atoms with E-state index in [0.717, 1.165) is 17.7 Å². The van der Waals surface area contributed by atoms with Gasteiger partial charge in [-0.3, -0.25) is 9.78 Å². The van der Waals surface area contributed by atoms with Crippen molar-refractivity contribution >= 4 is 22.7 Å². The minimum atomic E-state index is -0.517. The first-order valence-electron chi connectivity index (χ1n) is 6.89. The second-order valence-corrected chi connectivity index (χ2v) is 5.10. The third-order valence-electron chi connectivity index (χ3n) is 3.63. The fraction of sp³-hybridized carbons (Fsp3) is 0.125. The lowest BCUT2D eigenvalue weighted by Gasteiger charge is -2.06. The van der Waals surface area contributed by atoms with Crippen molar-refractivity contribution in [2.75, 3.05) is 11.9 Å². The number of ether oxygens (including phenoxy) is 1. The van der Waals surface area contributed by atoms with Gasteiger partial charge in [0.1, 0.15) is 5.75 Å². The monoisotopic (exact) mass is 296 g/mol. The van der Waals surface area contributed by atoms with Gasteiger partial charge in [0, 0.05) is 17.7 Å². The largest absolute Gasteiger partial charge is 0.493 e. The van der Waals surface area contributed by atoms with Crippen molar-refractivity contribution in [3.8, 4) is 5.75 Å². The van der Waals surface area contributed by atoms with Gasteiger partial charge in [-0.15, -0.1) is 0 Å². The molecule has 3 aromatic rings. The Morgan fingerprint density at radius 1 is 1.18 bits per heavy atom. The molecule has 0 atom stereocenters. The lowest BCUT2D eigenvalue weighted by Crippen LogP contribution is -2.11. The third kappa shape index (κ3) is 2.14. The molecule has 0 unspecified atom stereocenters. The zero-order valence-electron chi connectivity index (χ0n) is 11.5. The molecule has 22 heavy (non-hydrogen) atoms. The molecule has 6 nitrogen and oxygen atoms in total. The SMILES string of the molecule is O=C(Nc1ccc2oc(=O)[nH]c2c1)c1ccc2c(c1)CCO2. The lowest BCUT2D eigenvalue weighted by atomic mass is 10.1. The summed E-state index contributed by atoms with van der Waals surface area (Å²) in [6.45, 7) is 0.658. The number of amides is 1. The molecule has 6 heteroatoms. The topological polar surface area (TPSA) is 84.3 Å². The summed E-state index contributed by atoms with van der Waals surface area (Å²) in [5.74, 6) is 0.117. The highest BCUT2D eigenvalue weighted by atomic mass is 16.5. The highest BCUT2D eigenvalue weighted by molar-refractivity contribution is 6.05. The highest BCUT2D eigenvalue weighted by Gasteiger charge is 2.15. The Kier molecular flexibility index (Phi) is 2.75. The van der Waals surface area contributed by atoms with Crippen LogP contribution >= 0.6 is 0 Å². The van der Waals surface area contributed by atoms with Crippen LogP contribution in [0.4, 0.5) is 5.69 Å². The van der Waals surface area contributed by atoms with Crippen LogP contribution in [-0.4, -0.2) is 17.5 Å². The Labute approximate surface area is 124 Å². The van der Waals surface area contributed by atoms with Crippen LogP contribution in [0.25, 0.3) is 11.1 Å². The molecule has 0 saturated carbocycles. The maximum Gasteiger partial charge on any atom is 0.417 e. The van der Waals surface area contributed by atoms with Crippen LogP contribution in [0.1, 0.15) is 15.9 Å². The van der Waals surface area contributed by atoms with E-state index in [1.54, 1.807) is 24.3 Å². The predicted molar refractivity (Wildman–Crippen MR) is 80.4 cm³/mol. The minimum absolute atomic E-state index is 0.208. The number of carbonyl (C=O) groups excluding carboxylic acids is 1. The van der Waals surface area contributed by atoms with Crippen LogP contribution in [0.5, 0.6) is 5.75 Å². The van der Waals surface area contributed by atoms with Gasteiger partial charge < -0.3 is 14.5 Å². The predicted octanol–water partition coefficient (Wildman–Crippen LogP) is 2.31. The minimum Gasteiger partial charge on any atom is -0.493 e. The number of hydrogen-bond donors (Lipinski definition) is 2. The average molecular weight is 296 g/mol. The molecule has 0 saturated heterocycles. The summed E-state index contributed by atoms with van der Waals surface area (Å²) in [6, 6.07) is 10.4. The van der Waals surface area contributed by atoms with E-state index in [4.69, 9.17) is 9.15 Å². The molecule has 0 bridgehead atoms. The molecule has 0 fully saturated rings. The summed E-state index contributed by atoms with van der Waals surface area (Å²) in [6.07, 6.45) is 0.818. The molecular formula is C16H12N2O4. The van der Waals surface area contributed by atoms with E-state index in [0.29, 0.717) is 29.0 Å². The van der Waals surface area contributed by atoms with Gasteiger partial charge in [0.15, 0.2) is 5.58 Å². The number of anilines is 1. The van der Waals surface area contributed by atoms with Gasteiger partial charge in [0.25, 0.3) is 5.91 Å². The van der Waals surface area contributed by atoms with Crippen LogP contribution in [0, 0.1) is 0 Å². The van der Waals surface area contributed by atoms with Crippen LogP contribution in [0.2, 0.25) is 0 Å². The van der Waals surface area contributed by atoms with Gasteiger partial charge in [0.05, 0.1) is 12.1 Å². The molecular weight excluding hydrogens is 284 g/mol. The second-order valence-electron chi connectivity index (χ2n) is 5.10. The van der Waals surface area contributed by atoms with E-state index < -0.39 is 5.76 Å². The van der Waals surface area contributed by atoms with E-state index >= 15 is 0 Å². The normalized spacial score (nSPS) is 12.9. The summed E-state index contributed by atoms with van der Waals surface area (Å²) < 4.78 is 10.4. The number of aromatic nitrogens is 1. The molecule has 2 N–H and O–H groups in total. The first-order valence-corrected chi connectivity index (χ1v) is 6.89. The number of carbonyl (C=O) groups is 1. The van der Waals surface area contributed by atoms with Gasteiger partial charge in [-0.1, -0.05) is 0 Å². The summed E-state index contributed by atoms with van der Waals surface area (Å²) in [7, 11) is 0. The molecule has 1 aromatic heterocycles. The Hall–Kier alpha value is -3.02. The summed E-state index contributed by atoms with van der Waals surface area (Å²) in [5, 5.41) is 2.81. The number of hydrogen-bond acceptors (Lipinski definition) is 4. The molecule has 2 aromatic carbocycles. The quantitative estimate of drug-likeness (QED) is 0.760. The molecule has 1 aliphatic heterocycles. The summed E-state index contributed by atoms with van der Waals surface area (Å²) in [5.41, 5.74) is 3.21. The van der Waals surface area contributed by atoms with E-state index in [-0.39, 0.29) is 5.91 Å². The third-order valence-corrected chi connectivity index (χ3v) is 3.63. The molecule has 110 valence electrons. The first-order chi connectivity index (χ1) is 10.7. The fourth-order valence-corrected chi connectivity index (χ4v) is 2.56. The fourth-order valence-electron chi connectivity index (χ4n) is 2.56. The molecule has 0 radical (unpaired) electrons. The van der Waals surface area contributed by atoms with Crippen molar-refractivity contribution in [3.05, 3.63) is 58.1 Å². The van der Waals surface area contributed by atoms with E-state index in [1.165, 1.54) is 0 Å². The Bertz CT molecular complexity index is 939. The van der Waals surface area contributed by atoms with Crippen molar-refractivity contribution in [2.45, 2.75) is 6.42 Å². The maximum atomic E-state index is 12.3. The number of oxazole rings is 1. The smallest absolute Gasteiger partial charge is 0.417 e. The molecule has 0 spiro atoms. The van der Waals surface area contributed by atoms with Gasteiger partial charge >= 0.3 is 5.76 Å².